The number of pyridine rings is 1. The van der Waals surface area contributed by atoms with E-state index in [-0.39, 0.29) is 6.42 Å². The number of ether oxygens (including phenoxy) is 1. The lowest BCUT2D eigenvalue weighted by Crippen LogP contribution is -2.49. The van der Waals surface area contributed by atoms with Crippen molar-refractivity contribution in [1.82, 2.24) is 19.7 Å². The number of amides is 2. The number of carboxylic acid groups (broad SMARTS) is 1. The maximum absolute atomic E-state index is 13.6. The van der Waals surface area contributed by atoms with E-state index in [0.717, 1.165) is 56.7 Å². The van der Waals surface area contributed by atoms with Gasteiger partial charge >= 0.3 is 12.0 Å². The fourth-order valence-electron chi connectivity index (χ4n) is 6.76. The normalized spacial score (nSPS) is 21.1. The monoisotopic (exact) mass is 548 g/mol. The van der Waals surface area contributed by atoms with Gasteiger partial charge in [0.25, 0.3) is 0 Å². The fourth-order valence-corrected chi connectivity index (χ4v) is 6.76. The molecule has 0 spiro atoms. The van der Waals surface area contributed by atoms with Gasteiger partial charge in [0.1, 0.15) is 5.75 Å². The van der Waals surface area contributed by atoms with E-state index in [1.165, 1.54) is 31.2 Å². The van der Waals surface area contributed by atoms with Gasteiger partial charge in [0.2, 0.25) is 5.88 Å². The smallest absolute Gasteiger partial charge is 0.320 e. The first-order valence-corrected chi connectivity index (χ1v) is 15.0. The molecule has 2 aromatic rings. The summed E-state index contributed by atoms with van der Waals surface area (Å²) in [4.78, 5) is 36.2. The summed E-state index contributed by atoms with van der Waals surface area (Å²) in [7, 11) is 0. The van der Waals surface area contributed by atoms with Gasteiger partial charge in [-0.1, -0.05) is 44.9 Å². The first-order chi connectivity index (χ1) is 19.3. The van der Waals surface area contributed by atoms with Gasteiger partial charge in [-0.15, -0.1) is 0 Å². The maximum atomic E-state index is 13.6. The number of carbonyl (C=O) groups is 2. The molecule has 2 saturated heterocycles. The predicted octanol–water partition coefficient (Wildman–Crippen LogP) is 5.87. The van der Waals surface area contributed by atoms with Gasteiger partial charge in [0.05, 0.1) is 12.5 Å². The van der Waals surface area contributed by atoms with Crippen LogP contribution in [0.1, 0.15) is 75.6 Å². The topological polar surface area (TPSA) is 86.2 Å². The van der Waals surface area contributed by atoms with Gasteiger partial charge in [0.15, 0.2) is 0 Å². The zero-order chi connectivity index (χ0) is 28.2. The van der Waals surface area contributed by atoms with Crippen LogP contribution in [0.4, 0.5) is 4.79 Å². The van der Waals surface area contributed by atoms with Gasteiger partial charge in [0, 0.05) is 50.0 Å². The van der Waals surface area contributed by atoms with Crippen molar-refractivity contribution >= 4 is 12.0 Å². The van der Waals surface area contributed by atoms with Crippen molar-refractivity contribution in [2.45, 2.75) is 96.8 Å². The zero-order valence-corrected chi connectivity index (χ0v) is 24.2. The van der Waals surface area contributed by atoms with E-state index in [1.54, 1.807) is 24.3 Å². The third-order valence-corrected chi connectivity index (χ3v) is 8.79. The molecular weight excluding hydrogens is 504 g/mol. The Hall–Kier alpha value is -3.13. The fraction of sp³-hybridized carbons (Fsp3) is 0.594. The van der Waals surface area contributed by atoms with Crippen molar-refractivity contribution in [2.75, 3.05) is 19.6 Å². The van der Waals surface area contributed by atoms with Crippen LogP contribution in [0.5, 0.6) is 11.6 Å². The first kappa shape index (κ1) is 28.4. The van der Waals surface area contributed by atoms with Crippen LogP contribution in [0, 0.1) is 12.8 Å². The summed E-state index contributed by atoms with van der Waals surface area (Å²) in [5, 5.41) is 8.94. The third kappa shape index (κ3) is 6.77. The third-order valence-electron chi connectivity index (χ3n) is 8.79. The van der Waals surface area contributed by atoms with Gasteiger partial charge in [-0.25, -0.2) is 9.78 Å². The summed E-state index contributed by atoms with van der Waals surface area (Å²) in [6.45, 7) is 10.3. The van der Waals surface area contributed by atoms with Crippen molar-refractivity contribution in [3.8, 4) is 11.6 Å². The Morgan fingerprint density at radius 2 is 1.73 bits per heavy atom. The number of hydrogen-bond donors (Lipinski definition) is 1. The molecule has 3 fully saturated rings. The molecule has 3 heterocycles. The highest BCUT2D eigenvalue weighted by Gasteiger charge is 2.44. The summed E-state index contributed by atoms with van der Waals surface area (Å²) < 4.78 is 5.91. The maximum Gasteiger partial charge on any atom is 0.320 e. The largest absolute Gasteiger partial charge is 0.481 e. The number of carboxylic acids is 1. The molecule has 5 rings (SSSR count). The van der Waals surface area contributed by atoms with Crippen molar-refractivity contribution in [3.63, 3.8) is 0 Å². The molecule has 0 unspecified atom stereocenters. The molecule has 3 aliphatic rings. The highest BCUT2D eigenvalue weighted by molar-refractivity contribution is 5.78. The van der Waals surface area contributed by atoms with Gasteiger partial charge in [-0.05, 0) is 68.2 Å². The van der Waals surface area contributed by atoms with E-state index >= 15 is 0 Å². The second-order valence-electron chi connectivity index (χ2n) is 12.3. The molecule has 0 bridgehead atoms. The average molecular weight is 549 g/mol. The standard InChI is InChI=1S/C32H44N4O4/c1-22(2)18-28-21-35(26-6-4-5-7-26)32(39)36(28)27-14-16-34(17-15-27)20-25-10-13-30(33-23(25)3)40-29-11-8-24(9-12-29)19-31(37)38/h8-13,22,26-28H,4-7,14-21H2,1-3H3,(H,37,38)/t28-/m1/s1. The Bertz CT molecular complexity index is 1170. The molecule has 1 aliphatic carbocycles. The molecule has 1 aromatic carbocycles. The number of piperidine rings is 1. The Kier molecular flexibility index (Phi) is 8.94. The number of aromatic nitrogens is 1. The number of urea groups is 1. The molecule has 1 atom stereocenters. The Labute approximate surface area is 238 Å². The predicted molar refractivity (Wildman–Crippen MR) is 155 cm³/mol. The first-order valence-electron chi connectivity index (χ1n) is 15.0. The van der Waals surface area contributed by atoms with Crippen LogP contribution in [-0.2, 0) is 17.8 Å². The number of hydrogen-bond acceptors (Lipinski definition) is 5. The quantitative estimate of drug-likeness (QED) is 0.400. The number of likely N-dealkylation sites (tertiary alicyclic amines) is 1. The number of carbonyl (C=O) groups excluding carboxylic acids is 1. The van der Waals surface area contributed by atoms with Crippen molar-refractivity contribution in [2.24, 2.45) is 5.92 Å². The van der Waals surface area contributed by atoms with Crippen LogP contribution in [-0.4, -0.2) is 74.6 Å². The van der Waals surface area contributed by atoms with Crippen molar-refractivity contribution < 1.29 is 19.4 Å². The van der Waals surface area contributed by atoms with Crippen molar-refractivity contribution in [1.29, 1.82) is 0 Å². The molecular formula is C32H44N4O4. The van der Waals surface area contributed by atoms with Gasteiger partial charge in [-0.3, -0.25) is 9.69 Å². The molecule has 8 heteroatoms. The van der Waals surface area contributed by atoms with Crippen LogP contribution in [0.25, 0.3) is 0 Å². The molecule has 2 aliphatic heterocycles. The van der Waals surface area contributed by atoms with E-state index in [1.807, 2.05) is 13.0 Å². The molecule has 1 N–H and O–H groups in total. The lowest BCUT2D eigenvalue weighted by atomic mass is 9.97. The minimum atomic E-state index is -0.850. The molecule has 8 nitrogen and oxygen atoms in total. The number of aliphatic carboxylic acids is 1. The molecule has 40 heavy (non-hydrogen) atoms. The van der Waals surface area contributed by atoms with Gasteiger partial charge < -0.3 is 19.6 Å². The van der Waals surface area contributed by atoms with Crippen LogP contribution in [0.2, 0.25) is 0 Å². The number of rotatable bonds is 10. The Morgan fingerprint density at radius 3 is 2.35 bits per heavy atom. The summed E-state index contributed by atoms with van der Waals surface area (Å²) in [5.41, 5.74) is 2.87. The molecule has 0 radical (unpaired) electrons. The summed E-state index contributed by atoms with van der Waals surface area (Å²) in [6.07, 6.45) is 7.96. The number of benzene rings is 1. The van der Waals surface area contributed by atoms with E-state index in [2.05, 4.69) is 39.6 Å². The van der Waals surface area contributed by atoms with Crippen LogP contribution in [0.3, 0.4) is 0 Å². The summed E-state index contributed by atoms with van der Waals surface area (Å²) >= 11 is 0. The second kappa shape index (κ2) is 12.6. The van der Waals surface area contributed by atoms with Gasteiger partial charge in [-0.2, -0.15) is 0 Å². The summed E-state index contributed by atoms with van der Waals surface area (Å²) in [5.74, 6) is 0.898. The number of nitrogens with zero attached hydrogens (tertiary/aromatic N) is 4. The minimum Gasteiger partial charge on any atom is -0.481 e. The summed E-state index contributed by atoms with van der Waals surface area (Å²) in [6, 6.07) is 12.5. The molecule has 1 aromatic heterocycles. The second-order valence-corrected chi connectivity index (χ2v) is 12.3. The Morgan fingerprint density at radius 1 is 1.02 bits per heavy atom. The van der Waals surface area contributed by atoms with E-state index < -0.39 is 5.97 Å². The minimum absolute atomic E-state index is 0.00461. The average Bonchev–Trinajstić information content (AvgIpc) is 3.55. The van der Waals surface area contributed by atoms with Crippen LogP contribution >= 0.6 is 0 Å². The van der Waals surface area contributed by atoms with Crippen LogP contribution in [0.15, 0.2) is 36.4 Å². The lowest BCUT2D eigenvalue weighted by molar-refractivity contribution is -0.136. The van der Waals surface area contributed by atoms with Crippen molar-refractivity contribution in [3.05, 3.63) is 53.2 Å². The van der Waals surface area contributed by atoms with E-state index in [0.29, 0.717) is 41.7 Å². The zero-order valence-electron chi connectivity index (χ0n) is 24.2. The van der Waals surface area contributed by atoms with Crippen LogP contribution < -0.4 is 4.74 Å². The van der Waals surface area contributed by atoms with E-state index in [4.69, 9.17) is 9.84 Å². The SMILES string of the molecule is Cc1nc(Oc2ccc(CC(=O)O)cc2)ccc1CN1CCC(N2C(=O)N(C3CCCC3)C[C@H]2CC(C)C)CC1. The molecule has 1 saturated carbocycles. The highest BCUT2D eigenvalue weighted by atomic mass is 16.5. The Balaban J connectivity index is 1.16. The highest BCUT2D eigenvalue weighted by Crippen LogP contribution is 2.34. The molecule has 2 amide bonds. The number of aryl methyl sites for hydroxylation is 1. The molecule has 216 valence electrons. The lowest BCUT2D eigenvalue weighted by Gasteiger charge is -2.39. The van der Waals surface area contributed by atoms with E-state index in [9.17, 15) is 9.59 Å².